The number of rotatable bonds is 3. The Morgan fingerprint density at radius 1 is 1.29 bits per heavy atom. The van der Waals surface area contributed by atoms with Gasteiger partial charge in [-0.3, -0.25) is 9.20 Å². The van der Waals surface area contributed by atoms with Gasteiger partial charge in [-0.05, 0) is 46.6 Å². The van der Waals surface area contributed by atoms with Crippen molar-refractivity contribution in [3.05, 3.63) is 52.4 Å². The summed E-state index contributed by atoms with van der Waals surface area (Å²) in [6.07, 6.45) is 2.51. The monoisotopic (exact) mass is 387 g/mol. The van der Waals surface area contributed by atoms with Crippen LogP contribution in [-0.2, 0) is 6.42 Å². The standard InChI is InChI=1S/C17H14BrN3O3/c1-2-12-16(21-8-10(18)3-6-15(21)20-12)17(22)19-11-4-5-13-14(7-11)24-9-23-13/h3-8H,2,9H2,1H3,(H,19,22). The van der Waals surface area contributed by atoms with Gasteiger partial charge in [-0.2, -0.15) is 0 Å². The third-order valence-electron chi connectivity index (χ3n) is 3.84. The van der Waals surface area contributed by atoms with Crippen molar-refractivity contribution in [2.45, 2.75) is 13.3 Å². The van der Waals surface area contributed by atoms with Crippen LogP contribution in [0.4, 0.5) is 5.69 Å². The Hall–Kier alpha value is -2.54. The first-order valence-electron chi connectivity index (χ1n) is 7.53. The normalized spacial score (nSPS) is 12.6. The van der Waals surface area contributed by atoms with Gasteiger partial charge in [0.2, 0.25) is 6.79 Å². The van der Waals surface area contributed by atoms with Crippen LogP contribution in [0.25, 0.3) is 5.65 Å². The number of carbonyl (C=O) groups is 1. The highest BCUT2D eigenvalue weighted by Gasteiger charge is 2.20. The number of amides is 1. The predicted molar refractivity (Wildman–Crippen MR) is 92.8 cm³/mol. The number of aryl methyl sites for hydroxylation is 1. The SMILES string of the molecule is CCc1nc2ccc(Br)cn2c1C(=O)Nc1ccc2c(c1)OCO2. The smallest absolute Gasteiger partial charge is 0.274 e. The molecule has 0 spiro atoms. The van der Waals surface area contributed by atoms with Crippen LogP contribution in [0.15, 0.2) is 41.0 Å². The number of hydrogen-bond donors (Lipinski definition) is 1. The van der Waals surface area contributed by atoms with Gasteiger partial charge in [-0.1, -0.05) is 6.92 Å². The summed E-state index contributed by atoms with van der Waals surface area (Å²) in [6, 6.07) is 9.10. The number of imidazole rings is 1. The number of pyridine rings is 1. The van der Waals surface area contributed by atoms with E-state index in [4.69, 9.17) is 9.47 Å². The second-order valence-corrected chi connectivity index (χ2v) is 6.27. The van der Waals surface area contributed by atoms with E-state index in [1.165, 1.54) is 0 Å². The number of carbonyl (C=O) groups excluding carboxylic acids is 1. The number of nitrogens with one attached hydrogen (secondary N) is 1. The largest absolute Gasteiger partial charge is 0.454 e. The van der Waals surface area contributed by atoms with Crippen molar-refractivity contribution in [2.24, 2.45) is 0 Å². The molecular weight excluding hydrogens is 374 g/mol. The number of hydrogen-bond acceptors (Lipinski definition) is 4. The molecule has 0 atom stereocenters. The maximum Gasteiger partial charge on any atom is 0.274 e. The molecule has 0 bridgehead atoms. The van der Waals surface area contributed by atoms with Gasteiger partial charge >= 0.3 is 0 Å². The summed E-state index contributed by atoms with van der Waals surface area (Å²) in [6.45, 7) is 2.18. The van der Waals surface area contributed by atoms with Crippen molar-refractivity contribution in [1.29, 1.82) is 0 Å². The zero-order valence-electron chi connectivity index (χ0n) is 12.9. The Balaban J connectivity index is 1.71. The molecule has 4 rings (SSSR count). The molecule has 1 amide bonds. The Labute approximate surface area is 146 Å². The van der Waals surface area contributed by atoms with E-state index in [0.717, 1.165) is 15.8 Å². The van der Waals surface area contributed by atoms with Crippen molar-refractivity contribution < 1.29 is 14.3 Å². The number of halogens is 1. The number of fused-ring (bicyclic) bond motifs is 2. The molecule has 0 radical (unpaired) electrons. The number of anilines is 1. The molecule has 6 nitrogen and oxygen atoms in total. The van der Waals surface area contributed by atoms with Crippen LogP contribution in [0.3, 0.4) is 0 Å². The van der Waals surface area contributed by atoms with Gasteiger partial charge in [0.05, 0.1) is 5.69 Å². The molecule has 0 saturated carbocycles. The Kier molecular flexibility index (Phi) is 3.65. The molecule has 3 heterocycles. The number of aromatic nitrogens is 2. The van der Waals surface area contributed by atoms with Crippen molar-refractivity contribution in [3.63, 3.8) is 0 Å². The fraction of sp³-hybridized carbons (Fsp3) is 0.176. The highest BCUT2D eigenvalue weighted by molar-refractivity contribution is 9.10. The van der Waals surface area contributed by atoms with Crippen molar-refractivity contribution in [3.8, 4) is 11.5 Å². The van der Waals surface area contributed by atoms with Crippen LogP contribution < -0.4 is 14.8 Å². The van der Waals surface area contributed by atoms with Gasteiger partial charge < -0.3 is 14.8 Å². The van der Waals surface area contributed by atoms with E-state index in [1.54, 1.807) is 22.6 Å². The first kappa shape index (κ1) is 15.0. The minimum Gasteiger partial charge on any atom is -0.454 e. The lowest BCUT2D eigenvalue weighted by Crippen LogP contribution is -2.16. The fourth-order valence-electron chi connectivity index (χ4n) is 2.72. The molecule has 1 aliphatic rings. The molecule has 24 heavy (non-hydrogen) atoms. The van der Waals surface area contributed by atoms with Crippen LogP contribution in [0.1, 0.15) is 23.1 Å². The van der Waals surface area contributed by atoms with Crippen molar-refractivity contribution >= 4 is 33.2 Å². The first-order valence-corrected chi connectivity index (χ1v) is 8.32. The van der Waals surface area contributed by atoms with Gasteiger partial charge in [0.1, 0.15) is 11.3 Å². The number of ether oxygens (including phenoxy) is 2. The average molecular weight is 388 g/mol. The lowest BCUT2D eigenvalue weighted by atomic mass is 10.2. The van der Waals surface area contributed by atoms with E-state index in [-0.39, 0.29) is 12.7 Å². The molecule has 0 fully saturated rings. The molecule has 1 aromatic carbocycles. The fourth-order valence-corrected chi connectivity index (χ4v) is 3.06. The zero-order chi connectivity index (χ0) is 16.7. The second-order valence-electron chi connectivity index (χ2n) is 5.36. The van der Waals surface area contributed by atoms with Crippen LogP contribution in [0.2, 0.25) is 0 Å². The highest BCUT2D eigenvalue weighted by Crippen LogP contribution is 2.34. The summed E-state index contributed by atoms with van der Waals surface area (Å²) in [7, 11) is 0. The molecule has 1 N–H and O–H groups in total. The third-order valence-corrected chi connectivity index (χ3v) is 4.30. The minimum absolute atomic E-state index is 0.202. The van der Waals surface area contributed by atoms with E-state index in [9.17, 15) is 4.79 Å². The number of benzene rings is 1. The van der Waals surface area contributed by atoms with Crippen molar-refractivity contribution in [2.75, 3.05) is 12.1 Å². The average Bonchev–Trinajstić information content (AvgIpc) is 3.17. The van der Waals surface area contributed by atoms with E-state index in [2.05, 4.69) is 26.2 Å². The van der Waals surface area contributed by atoms with Gasteiger partial charge in [0.25, 0.3) is 5.91 Å². The second kappa shape index (κ2) is 5.83. The molecule has 0 saturated heterocycles. The Bertz CT molecular complexity index is 952. The predicted octanol–water partition coefficient (Wildman–Crippen LogP) is 3.64. The Morgan fingerprint density at radius 3 is 2.96 bits per heavy atom. The molecule has 3 aromatic rings. The van der Waals surface area contributed by atoms with Crippen LogP contribution in [-0.4, -0.2) is 22.1 Å². The van der Waals surface area contributed by atoms with Crippen LogP contribution in [0, 0.1) is 0 Å². The molecule has 7 heteroatoms. The summed E-state index contributed by atoms with van der Waals surface area (Å²) in [5, 5.41) is 2.91. The molecular formula is C17H14BrN3O3. The topological polar surface area (TPSA) is 64.9 Å². The van der Waals surface area contributed by atoms with E-state index in [1.807, 2.05) is 25.3 Å². The van der Waals surface area contributed by atoms with Gasteiger partial charge in [0.15, 0.2) is 11.5 Å². The summed E-state index contributed by atoms with van der Waals surface area (Å²) in [4.78, 5) is 17.4. The van der Waals surface area contributed by atoms with Gasteiger partial charge in [-0.15, -0.1) is 0 Å². The summed E-state index contributed by atoms with van der Waals surface area (Å²) in [5.74, 6) is 1.10. The van der Waals surface area contributed by atoms with E-state index < -0.39 is 0 Å². The summed E-state index contributed by atoms with van der Waals surface area (Å²) in [5.41, 5.74) is 2.68. The minimum atomic E-state index is -0.212. The summed E-state index contributed by atoms with van der Waals surface area (Å²) >= 11 is 3.44. The van der Waals surface area contributed by atoms with E-state index >= 15 is 0 Å². The summed E-state index contributed by atoms with van der Waals surface area (Å²) < 4.78 is 13.3. The zero-order valence-corrected chi connectivity index (χ0v) is 14.5. The van der Waals surface area contributed by atoms with E-state index in [0.29, 0.717) is 29.3 Å². The van der Waals surface area contributed by atoms with Gasteiger partial charge in [-0.25, -0.2) is 4.98 Å². The molecule has 1 aliphatic heterocycles. The first-order chi connectivity index (χ1) is 11.7. The maximum absolute atomic E-state index is 12.8. The molecule has 122 valence electrons. The highest BCUT2D eigenvalue weighted by atomic mass is 79.9. The van der Waals surface area contributed by atoms with Crippen LogP contribution >= 0.6 is 15.9 Å². The van der Waals surface area contributed by atoms with Crippen molar-refractivity contribution in [1.82, 2.24) is 9.38 Å². The van der Waals surface area contributed by atoms with Gasteiger partial charge in [0, 0.05) is 22.4 Å². The lowest BCUT2D eigenvalue weighted by Gasteiger charge is -2.07. The quantitative estimate of drug-likeness (QED) is 0.744. The maximum atomic E-state index is 12.8. The number of nitrogens with zero attached hydrogens (tertiary/aromatic N) is 2. The lowest BCUT2D eigenvalue weighted by molar-refractivity contribution is 0.102. The molecule has 2 aromatic heterocycles. The molecule has 0 aliphatic carbocycles. The molecule has 0 unspecified atom stereocenters. The Morgan fingerprint density at radius 2 is 2.12 bits per heavy atom. The van der Waals surface area contributed by atoms with Crippen LogP contribution in [0.5, 0.6) is 11.5 Å². The third kappa shape index (κ3) is 2.50.